The van der Waals surface area contributed by atoms with Crippen LogP contribution in [-0.4, -0.2) is 43.9 Å². The number of carbonyl (C=O) groups is 3. The van der Waals surface area contributed by atoms with E-state index in [0.29, 0.717) is 13.0 Å². The van der Waals surface area contributed by atoms with E-state index in [1.165, 1.54) is 6.92 Å². The monoisotopic (exact) mass is 299 g/mol. The summed E-state index contributed by atoms with van der Waals surface area (Å²) in [6, 6.07) is 0. The molecule has 0 rings (SSSR count). The number of esters is 1. The standard InChI is InChI=1S/C13H21N3O5/c1-3-12(18)11(9-15-16-14)8-13(19)21-7-6-20-5-4-10(2)17/h11H,3-9H2,1-2H3. The van der Waals surface area contributed by atoms with Gasteiger partial charge in [0, 0.05) is 30.2 Å². The molecule has 0 aliphatic rings. The van der Waals surface area contributed by atoms with E-state index in [4.69, 9.17) is 15.0 Å². The Labute approximate surface area is 123 Å². The maximum atomic E-state index is 11.6. The molecule has 0 aromatic heterocycles. The quantitative estimate of drug-likeness (QED) is 0.179. The Morgan fingerprint density at radius 1 is 1.24 bits per heavy atom. The first-order valence-corrected chi connectivity index (χ1v) is 6.77. The highest BCUT2D eigenvalue weighted by atomic mass is 16.6. The van der Waals surface area contributed by atoms with Crippen LogP contribution < -0.4 is 0 Å². The van der Waals surface area contributed by atoms with Crippen molar-refractivity contribution in [2.45, 2.75) is 33.1 Å². The van der Waals surface area contributed by atoms with Crippen LogP contribution in [-0.2, 0) is 23.9 Å². The molecule has 0 saturated carbocycles. The van der Waals surface area contributed by atoms with E-state index in [1.54, 1.807) is 6.92 Å². The normalized spacial score (nSPS) is 11.3. The summed E-state index contributed by atoms with van der Waals surface area (Å²) >= 11 is 0. The average Bonchev–Trinajstić information content (AvgIpc) is 2.45. The Morgan fingerprint density at radius 2 is 1.95 bits per heavy atom. The summed E-state index contributed by atoms with van der Waals surface area (Å²) in [6.45, 7) is 3.65. The van der Waals surface area contributed by atoms with Gasteiger partial charge in [-0.3, -0.25) is 14.4 Å². The molecule has 8 heteroatoms. The Balaban J connectivity index is 3.95. The SMILES string of the molecule is CCC(=O)C(CN=[N+]=[N-])CC(=O)OCCOCCC(C)=O. The van der Waals surface area contributed by atoms with E-state index < -0.39 is 11.9 Å². The molecule has 0 aromatic rings. The topological polar surface area (TPSA) is 118 Å². The van der Waals surface area contributed by atoms with Gasteiger partial charge in [0.2, 0.25) is 0 Å². The van der Waals surface area contributed by atoms with Crippen molar-refractivity contribution in [3.63, 3.8) is 0 Å². The van der Waals surface area contributed by atoms with Crippen molar-refractivity contribution in [3.05, 3.63) is 10.4 Å². The maximum absolute atomic E-state index is 11.6. The minimum Gasteiger partial charge on any atom is -0.463 e. The van der Waals surface area contributed by atoms with Crippen molar-refractivity contribution in [2.24, 2.45) is 11.0 Å². The van der Waals surface area contributed by atoms with Gasteiger partial charge in [-0.2, -0.15) is 0 Å². The number of hydrogen-bond acceptors (Lipinski definition) is 6. The van der Waals surface area contributed by atoms with Gasteiger partial charge < -0.3 is 9.47 Å². The third kappa shape index (κ3) is 10.5. The van der Waals surface area contributed by atoms with Crippen LogP contribution in [0.25, 0.3) is 10.4 Å². The van der Waals surface area contributed by atoms with Gasteiger partial charge in [-0.15, -0.1) is 0 Å². The van der Waals surface area contributed by atoms with Gasteiger partial charge in [-0.25, -0.2) is 0 Å². The summed E-state index contributed by atoms with van der Waals surface area (Å²) in [5, 5.41) is 3.33. The van der Waals surface area contributed by atoms with Crippen molar-refractivity contribution >= 4 is 17.5 Å². The predicted octanol–water partition coefficient (Wildman–Crippen LogP) is 1.82. The Hall–Kier alpha value is -1.92. The largest absolute Gasteiger partial charge is 0.463 e. The number of hydrogen-bond donors (Lipinski definition) is 0. The Kier molecular flexibility index (Phi) is 10.8. The number of Topliss-reactive ketones (excluding diaryl/α,β-unsaturated/α-hetero) is 2. The lowest BCUT2D eigenvalue weighted by atomic mass is 9.99. The van der Waals surface area contributed by atoms with Gasteiger partial charge in [0.1, 0.15) is 18.2 Å². The molecule has 0 aliphatic heterocycles. The van der Waals surface area contributed by atoms with Crippen molar-refractivity contribution in [1.82, 2.24) is 0 Å². The van der Waals surface area contributed by atoms with Crippen molar-refractivity contribution in [1.29, 1.82) is 0 Å². The number of azide groups is 1. The second-order valence-corrected chi connectivity index (χ2v) is 4.42. The number of carbonyl (C=O) groups excluding carboxylic acids is 3. The Bertz CT molecular complexity index is 405. The van der Waals surface area contributed by atoms with Gasteiger partial charge >= 0.3 is 5.97 Å². The number of ketones is 2. The fourth-order valence-electron chi connectivity index (χ4n) is 1.50. The first-order chi connectivity index (χ1) is 10.0. The molecule has 0 amide bonds. The maximum Gasteiger partial charge on any atom is 0.306 e. The van der Waals surface area contributed by atoms with Crippen LogP contribution >= 0.6 is 0 Å². The highest BCUT2D eigenvalue weighted by Crippen LogP contribution is 2.09. The van der Waals surface area contributed by atoms with E-state index >= 15 is 0 Å². The van der Waals surface area contributed by atoms with Crippen LogP contribution in [0.4, 0.5) is 0 Å². The van der Waals surface area contributed by atoms with Crippen LogP contribution in [0.2, 0.25) is 0 Å². The van der Waals surface area contributed by atoms with Crippen LogP contribution in [0.3, 0.4) is 0 Å². The minimum absolute atomic E-state index is 0.0333. The molecule has 0 heterocycles. The van der Waals surface area contributed by atoms with Gasteiger partial charge in [-0.05, 0) is 12.5 Å². The number of nitrogens with zero attached hydrogens (tertiary/aromatic N) is 3. The van der Waals surface area contributed by atoms with E-state index in [-0.39, 0.29) is 44.2 Å². The second-order valence-electron chi connectivity index (χ2n) is 4.42. The lowest BCUT2D eigenvalue weighted by molar-refractivity contribution is -0.148. The molecule has 0 N–H and O–H groups in total. The summed E-state index contributed by atoms with van der Waals surface area (Å²) in [6.07, 6.45) is 0.485. The van der Waals surface area contributed by atoms with Crippen LogP contribution in [0.15, 0.2) is 5.11 Å². The molecular formula is C13H21N3O5. The third-order valence-corrected chi connectivity index (χ3v) is 2.67. The lowest BCUT2D eigenvalue weighted by Crippen LogP contribution is -2.22. The van der Waals surface area contributed by atoms with Crippen LogP contribution in [0, 0.1) is 5.92 Å². The highest BCUT2D eigenvalue weighted by molar-refractivity contribution is 5.85. The lowest BCUT2D eigenvalue weighted by Gasteiger charge is -2.12. The van der Waals surface area contributed by atoms with Gasteiger partial charge in [0.05, 0.1) is 19.6 Å². The molecule has 118 valence electrons. The zero-order valence-corrected chi connectivity index (χ0v) is 12.4. The van der Waals surface area contributed by atoms with Gasteiger partial charge in [0.25, 0.3) is 0 Å². The van der Waals surface area contributed by atoms with Gasteiger partial charge in [0.15, 0.2) is 0 Å². The first-order valence-electron chi connectivity index (χ1n) is 6.77. The third-order valence-electron chi connectivity index (χ3n) is 2.67. The fraction of sp³-hybridized carbons (Fsp3) is 0.769. The minimum atomic E-state index is -0.642. The van der Waals surface area contributed by atoms with E-state index in [0.717, 1.165) is 0 Å². The molecule has 1 unspecified atom stereocenters. The van der Waals surface area contributed by atoms with E-state index in [1.807, 2.05) is 0 Å². The summed E-state index contributed by atoms with van der Waals surface area (Å²) in [5.74, 6) is -1.29. The van der Waals surface area contributed by atoms with Crippen LogP contribution in [0.5, 0.6) is 0 Å². The Morgan fingerprint density at radius 3 is 2.52 bits per heavy atom. The smallest absolute Gasteiger partial charge is 0.306 e. The van der Waals surface area contributed by atoms with Crippen LogP contribution in [0.1, 0.15) is 33.1 Å². The molecule has 0 bridgehead atoms. The summed E-state index contributed by atoms with van der Waals surface area (Å²) in [4.78, 5) is 36.4. The number of ether oxygens (including phenoxy) is 2. The molecular weight excluding hydrogens is 278 g/mol. The van der Waals surface area contributed by atoms with Crippen molar-refractivity contribution in [2.75, 3.05) is 26.4 Å². The molecule has 8 nitrogen and oxygen atoms in total. The molecule has 0 saturated heterocycles. The molecule has 1 atom stereocenters. The van der Waals surface area contributed by atoms with E-state index in [9.17, 15) is 14.4 Å². The molecule has 21 heavy (non-hydrogen) atoms. The fourth-order valence-corrected chi connectivity index (χ4v) is 1.50. The average molecular weight is 299 g/mol. The predicted molar refractivity (Wildman–Crippen MR) is 74.5 cm³/mol. The van der Waals surface area contributed by atoms with Crippen molar-refractivity contribution in [3.8, 4) is 0 Å². The first kappa shape index (κ1) is 19.1. The highest BCUT2D eigenvalue weighted by Gasteiger charge is 2.20. The summed E-state index contributed by atoms with van der Waals surface area (Å²) in [5.41, 5.74) is 8.26. The zero-order valence-electron chi connectivity index (χ0n) is 12.4. The molecule has 0 fully saturated rings. The zero-order chi connectivity index (χ0) is 16.1. The van der Waals surface area contributed by atoms with E-state index in [2.05, 4.69) is 10.0 Å². The summed E-state index contributed by atoms with van der Waals surface area (Å²) in [7, 11) is 0. The number of rotatable bonds is 12. The van der Waals surface area contributed by atoms with Crippen molar-refractivity contribution < 1.29 is 23.9 Å². The second kappa shape index (κ2) is 11.9. The molecule has 0 radical (unpaired) electrons. The molecule has 0 aliphatic carbocycles. The molecule has 0 spiro atoms. The van der Waals surface area contributed by atoms with Gasteiger partial charge in [-0.1, -0.05) is 12.0 Å². The summed E-state index contributed by atoms with van der Waals surface area (Å²) < 4.78 is 10.0. The molecule has 0 aromatic carbocycles.